The van der Waals surface area contributed by atoms with Gasteiger partial charge >= 0.3 is 0 Å². The van der Waals surface area contributed by atoms with Crippen LogP contribution in [0.25, 0.3) is 0 Å². The second-order valence-electron chi connectivity index (χ2n) is 5.72. The van der Waals surface area contributed by atoms with Crippen LogP contribution in [0.5, 0.6) is 0 Å². The summed E-state index contributed by atoms with van der Waals surface area (Å²) in [5, 5.41) is 2.80. The minimum Gasteiger partial charge on any atom is -0.325 e. The van der Waals surface area contributed by atoms with Gasteiger partial charge in [0.25, 0.3) is 0 Å². The Morgan fingerprint density at radius 2 is 1.88 bits per heavy atom. The number of hydrogen-bond donors (Lipinski definition) is 2. The summed E-state index contributed by atoms with van der Waals surface area (Å²) >= 11 is 4.98. The average Bonchev–Trinajstić information content (AvgIpc) is 2.62. The summed E-state index contributed by atoms with van der Waals surface area (Å²) in [4.78, 5) is 12.8. The largest absolute Gasteiger partial charge is 0.325 e. The van der Waals surface area contributed by atoms with Gasteiger partial charge in [-0.1, -0.05) is 34.1 Å². The number of nitrogens with one attached hydrogen (secondary N) is 2. The van der Waals surface area contributed by atoms with E-state index in [0.29, 0.717) is 17.9 Å². The van der Waals surface area contributed by atoms with Crippen molar-refractivity contribution in [2.24, 2.45) is 0 Å². The topological polar surface area (TPSA) is 75.3 Å². The van der Waals surface area contributed by atoms with Crippen molar-refractivity contribution < 1.29 is 13.2 Å². The molecule has 2 aromatic rings. The summed E-state index contributed by atoms with van der Waals surface area (Å²) in [6, 6.07) is 12.6. The molecule has 26 heavy (non-hydrogen) atoms. The minimum absolute atomic E-state index is 0.140. The Labute approximate surface area is 167 Å². The molecule has 0 radical (unpaired) electrons. The van der Waals surface area contributed by atoms with E-state index in [2.05, 4.69) is 26.0 Å². The maximum atomic E-state index is 12.7. The van der Waals surface area contributed by atoms with Crippen LogP contribution < -0.4 is 10.0 Å². The van der Waals surface area contributed by atoms with E-state index in [1.165, 1.54) is 12.1 Å². The number of sulfonamides is 1. The number of aryl methyl sites for hydroxylation is 1. The molecule has 2 aromatic carbocycles. The monoisotopic (exact) mass is 456 g/mol. The molecule has 5 nitrogen and oxygen atoms in total. The quantitative estimate of drug-likeness (QED) is 0.633. The molecule has 0 heterocycles. The van der Waals surface area contributed by atoms with Crippen molar-refractivity contribution >= 4 is 49.3 Å². The zero-order valence-electron chi connectivity index (χ0n) is 14.5. The van der Waals surface area contributed by atoms with Crippen molar-refractivity contribution in [2.75, 3.05) is 17.3 Å². The van der Waals surface area contributed by atoms with Crippen molar-refractivity contribution in [1.82, 2.24) is 4.72 Å². The predicted octanol–water partition coefficient (Wildman–Crippen LogP) is 3.80. The van der Waals surface area contributed by atoms with Crippen LogP contribution in [0.2, 0.25) is 0 Å². The van der Waals surface area contributed by atoms with Crippen molar-refractivity contribution in [2.45, 2.75) is 24.3 Å². The van der Waals surface area contributed by atoms with Gasteiger partial charge in [-0.2, -0.15) is 16.5 Å². The first-order chi connectivity index (χ1) is 12.3. The number of hydrogen-bond acceptors (Lipinski definition) is 4. The first-order valence-electron chi connectivity index (χ1n) is 7.97. The van der Waals surface area contributed by atoms with Crippen molar-refractivity contribution in [3.63, 3.8) is 0 Å². The van der Waals surface area contributed by atoms with Gasteiger partial charge in [-0.25, -0.2) is 8.42 Å². The Bertz CT molecular complexity index is 858. The highest BCUT2D eigenvalue weighted by atomic mass is 79.9. The molecular weight excluding hydrogens is 436 g/mol. The second-order valence-corrected chi connectivity index (χ2v) is 9.28. The van der Waals surface area contributed by atoms with Gasteiger partial charge in [0.1, 0.15) is 6.04 Å². The fourth-order valence-electron chi connectivity index (χ4n) is 2.29. The van der Waals surface area contributed by atoms with Gasteiger partial charge in [0.15, 0.2) is 0 Å². The molecule has 0 fully saturated rings. The van der Waals surface area contributed by atoms with E-state index in [-0.39, 0.29) is 10.8 Å². The lowest BCUT2D eigenvalue weighted by molar-refractivity contribution is -0.117. The Morgan fingerprint density at radius 3 is 2.50 bits per heavy atom. The van der Waals surface area contributed by atoms with Gasteiger partial charge in [0, 0.05) is 10.2 Å². The molecule has 140 valence electrons. The molecular formula is C18H21BrN2O3S2. The third-order valence-corrected chi connectivity index (χ3v) is 6.72. The molecule has 0 spiro atoms. The Kier molecular flexibility index (Phi) is 7.69. The molecule has 8 heteroatoms. The summed E-state index contributed by atoms with van der Waals surface area (Å²) < 4.78 is 28.6. The Balaban J connectivity index is 2.17. The SMILES string of the molecule is CSCCC(NS(=O)(=O)c1ccccc1)C(=O)Nc1ccc(Br)c(C)c1. The number of carbonyl (C=O) groups excluding carboxylic acids is 1. The van der Waals surface area contributed by atoms with Crippen molar-refractivity contribution in [3.05, 3.63) is 58.6 Å². The number of benzene rings is 2. The van der Waals surface area contributed by atoms with Crippen LogP contribution in [0.3, 0.4) is 0 Å². The lowest BCUT2D eigenvalue weighted by atomic mass is 10.2. The fourth-order valence-corrected chi connectivity index (χ4v) is 4.26. The van der Waals surface area contributed by atoms with Gasteiger partial charge < -0.3 is 5.32 Å². The highest BCUT2D eigenvalue weighted by molar-refractivity contribution is 9.10. The summed E-state index contributed by atoms with van der Waals surface area (Å²) in [7, 11) is -3.77. The molecule has 0 saturated carbocycles. The molecule has 0 aliphatic rings. The highest BCUT2D eigenvalue weighted by Gasteiger charge is 2.25. The van der Waals surface area contributed by atoms with Gasteiger partial charge in [0.2, 0.25) is 15.9 Å². The molecule has 0 aliphatic heterocycles. The van der Waals surface area contributed by atoms with Crippen LogP contribution in [0.15, 0.2) is 57.9 Å². The summed E-state index contributed by atoms with van der Waals surface area (Å²) in [5.41, 5.74) is 1.61. The molecule has 2 N–H and O–H groups in total. The Hall–Kier alpha value is -1.35. The second kappa shape index (κ2) is 9.55. The van der Waals surface area contributed by atoms with Crippen LogP contribution in [0, 0.1) is 6.92 Å². The van der Waals surface area contributed by atoms with E-state index in [1.807, 2.05) is 25.3 Å². The molecule has 1 atom stereocenters. The van der Waals surface area contributed by atoms with Crippen LogP contribution in [0.4, 0.5) is 5.69 Å². The molecule has 1 amide bonds. The summed E-state index contributed by atoms with van der Waals surface area (Å²) in [5.74, 6) is 0.287. The molecule has 0 bridgehead atoms. The van der Waals surface area contributed by atoms with E-state index < -0.39 is 16.1 Å². The smallest absolute Gasteiger partial charge is 0.242 e. The lowest BCUT2D eigenvalue weighted by Gasteiger charge is -2.18. The zero-order valence-corrected chi connectivity index (χ0v) is 17.7. The number of thioether (sulfide) groups is 1. The lowest BCUT2D eigenvalue weighted by Crippen LogP contribution is -2.44. The summed E-state index contributed by atoms with van der Waals surface area (Å²) in [6.07, 6.45) is 2.31. The maximum Gasteiger partial charge on any atom is 0.242 e. The molecule has 0 aromatic heterocycles. The number of amides is 1. The third kappa shape index (κ3) is 5.84. The standard InChI is InChI=1S/C18H21BrN2O3S2/c1-13-12-14(8-9-16(13)19)20-18(22)17(10-11-25-2)21-26(23,24)15-6-4-3-5-7-15/h3-9,12,17,21H,10-11H2,1-2H3,(H,20,22). The van der Waals surface area contributed by atoms with E-state index >= 15 is 0 Å². The van der Waals surface area contributed by atoms with E-state index in [9.17, 15) is 13.2 Å². The zero-order chi connectivity index (χ0) is 19.2. The highest BCUT2D eigenvalue weighted by Crippen LogP contribution is 2.20. The van der Waals surface area contributed by atoms with Gasteiger partial charge in [0.05, 0.1) is 4.90 Å². The van der Waals surface area contributed by atoms with Crippen LogP contribution in [-0.4, -0.2) is 32.4 Å². The first kappa shape index (κ1) is 21.0. The van der Waals surface area contributed by atoms with Crippen molar-refractivity contribution in [3.8, 4) is 0 Å². The number of anilines is 1. The predicted molar refractivity (Wildman–Crippen MR) is 111 cm³/mol. The molecule has 0 saturated heterocycles. The first-order valence-corrected chi connectivity index (χ1v) is 11.6. The van der Waals surface area contributed by atoms with Crippen LogP contribution in [0.1, 0.15) is 12.0 Å². The van der Waals surface area contributed by atoms with Gasteiger partial charge in [-0.3, -0.25) is 4.79 Å². The van der Waals surface area contributed by atoms with E-state index in [4.69, 9.17) is 0 Å². The Morgan fingerprint density at radius 1 is 1.19 bits per heavy atom. The molecule has 2 rings (SSSR count). The average molecular weight is 457 g/mol. The van der Waals surface area contributed by atoms with Crippen LogP contribution >= 0.6 is 27.7 Å². The third-order valence-electron chi connectivity index (χ3n) is 3.70. The number of carbonyl (C=O) groups is 1. The van der Waals surface area contributed by atoms with Gasteiger partial charge in [-0.15, -0.1) is 0 Å². The normalized spacial score (nSPS) is 12.6. The molecule has 0 aliphatic carbocycles. The maximum absolute atomic E-state index is 12.7. The van der Waals surface area contributed by atoms with Crippen molar-refractivity contribution in [1.29, 1.82) is 0 Å². The number of halogens is 1. The van der Waals surface area contributed by atoms with E-state index in [0.717, 1.165) is 10.0 Å². The molecule has 1 unspecified atom stereocenters. The van der Waals surface area contributed by atoms with E-state index in [1.54, 1.807) is 36.0 Å². The van der Waals surface area contributed by atoms with Gasteiger partial charge in [-0.05, 0) is 61.2 Å². The van der Waals surface area contributed by atoms with Crippen LogP contribution in [-0.2, 0) is 14.8 Å². The number of rotatable bonds is 8. The summed E-state index contributed by atoms with van der Waals surface area (Å²) in [6.45, 7) is 1.92. The fraction of sp³-hybridized carbons (Fsp3) is 0.278. The minimum atomic E-state index is -3.77.